The van der Waals surface area contributed by atoms with Crippen LogP contribution in [0.1, 0.15) is 44.6 Å². The van der Waals surface area contributed by atoms with Gasteiger partial charge in [-0.1, -0.05) is 26.0 Å². The smallest absolute Gasteiger partial charge is 0.243 e. The second-order valence-corrected chi connectivity index (χ2v) is 8.27. The van der Waals surface area contributed by atoms with Gasteiger partial charge in [-0.25, -0.2) is 8.42 Å². The Morgan fingerprint density at radius 2 is 1.88 bits per heavy atom. The molecule has 1 aliphatic heterocycles. The van der Waals surface area contributed by atoms with Crippen molar-refractivity contribution in [2.75, 3.05) is 19.6 Å². The van der Waals surface area contributed by atoms with Crippen LogP contribution in [0, 0.1) is 0 Å². The van der Waals surface area contributed by atoms with E-state index in [9.17, 15) is 13.2 Å². The summed E-state index contributed by atoms with van der Waals surface area (Å²) in [6.07, 6.45) is 2.35. The molecule has 0 aromatic heterocycles. The molecule has 7 heteroatoms. The SMILES string of the molecule is CCC(C)c1ccc(S(=O)(=O)N(CC(N)=O)C2CCNCC2)cc1. The fourth-order valence-electron chi connectivity index (χ4n) is 3.00. The first kappa shape index (κ1) is 18.9. The van der Waals surface area contributed by atoms with Crippen LogP contribution >= 0.6 is 0 Å². The topological polar surface area (TPSA) is 92.5 Å². The normalized spacial score (nSPS) is 17.8. The number of piperidine rings is 1. The van der Waals surface area contributed by atoms with E-state index in [-0.39, 0.29) is 17.5 Å². The van der Waals surface area contributed by atoms with Crippen LogP contribution in [0.4, 0.5) is 0 Å². The first-order valence-electron chi connectivity index (χ1n) is 8.47. The van der Waals surface area contributed by atoms with Gasteiger partial charge in [0, 0.05) is 6.04 Å². The van der Waals surface area contributed by atoms with Crippen molar-refractivity contribution >= 4 is 15.9 Å². The van der Waals surface area contributed by atoms with Crippen molar-refractivity contribution in [1.29, 1.82) is 0 Å². The van der Waals surface area contributed by atoms with Crippen LogP contribution in [0.3, 0.4) is 0 Å². The van der Waals surface area contributed by atoms with E-state index < -0.39 is 15.9 Å². The molecule has 1 amide bonds. The van der Waals surface area contributed by atoms with E-state index in [0.29, 0.717) is 18.8 Å². The van der Waals surface area contributed by atoms with Crippen LogP contribution in [-0.4, -0.2) is 44.3 Å². The largest absolute Gasteiger partial charge is 0.369 e. The molecule has 1 unspecified atom stereocenters. The van der Waals surface area contributed by atoms with Crippen LogP contribution in [0.25, 0.3) is 0 Å². The van der Waals surface area contributed by atoms with Gasteiger partial charge in [-0.15, -0.1) is 0 Å². The number of primary amides is 1. The molecule has 1 saturated heterocycles. The highest BCUT2D eigenvalue weighted by Gasteiger charge is 2.33. The Morgan fingerprint density at radius 1 is 1.29 bits per heavy atom. The summed E-state index contributed by atoms with van der Waals surface area (Å²) in [5.74, 6) is -0.249. The molecule has 2 rings (SSSR count). The Morgan fingerprint density at radius 3 is 2.38 bits per heavy atom. The zero-order chi connectivity index (χ0) is 17.7. The molecule has 6 nitrogen and oxygen atoms in total. The van der Waals surface area contributed by atoms with Crippen molar-refractivity contribution in [3.05, 3.63) is 29.8 Å². The van der Waals surface area contributed by atoms with Gasteiger partial charge >= 0.3 is 0 Å². The van der Waals surface area contributed by atoms with Gasteiger partial charge in [0.25, 0.3) is 0 Å². The summed E-state index contributed by atoms with van der Waals surface area (Å²) in [5.41, 5.74) is 6.41. The highest BCUT2D eigenvalue weighted by molar-refractivity contribution is 7.89. The minimum atomic E-state index is -3.74. The molecule has 1 aromatic carbocycles. The summed E-state index contributed by atoms with van der Waals surface area (Å²) in [5, 5.41) is 3.20. The lowest BCUT2D eigenvalue weighted by Crippen LogP contribution is -2.49. The van der Waals surface area contributed by atoms with Crippen LogP contribution in [0.15, 0.2) is 29.2 Å². The number of carbonyl (C=O) groups excluding carboxylic acids is 1. The number of hydrogen-bond acceptors (Lipinski definition) is 4. The Balaban J connectivity index is 2.30. The Kier molecular flexibility index (Phi) is 6.37. The van der Waals surface area contributed by atoms with Gasteiger partial charge in [0.1, 0.15) is 0 Å². The highest BCUT2D eigenvalue weighted by Crippen LogP contribution is 2.25. The molecule has 1 aliphatic rings. The molecule has 0 aliphatic carbocycles. The van der Waals surface area contributed by atoms with Crippen molar-refractivity contribution in [3.8, 4) is 0 Å². The summed E-state index contributed by atoms with van der Waals surface area (Å²) in [6, 6.07) is 6.77. The monoisotopic (exact) mass is 353 g/mol. The van der Waals surface area contributed by atoms with Gasteiger partial charge in [-0.3, -0.25) is 4.79 Å². The fourth-order valence-corrected chi connectivity index (χ4v) is 4.65. The standard InChI is InChI=1S/C17H27N3O3S/c1-3-13(2)14-4-6-16(7-5-14)24(22,23)20(12-17(18)21)15-8-10-19-11-9-15/h4-7,13,15,19H,3,8-12H2,1-2H3,(H2,18,21). The average Bonchev–Trinajstić information content (AvgIpc) is 2.59. The number of nitrogens with two attached hydrogens (primary N) is 1. The number of nitrogens with zero attached hydrogens (tertiary/aromatic N) is 1. The highest BCUT2D eigenvalue weighted by atomic mass is 32.2. The summed E-state index contributed by atoms with van der Waals surface area (Å²) in [4.78, 5) is 11.6. The van der Waals surface area contributed by atoms with Gasteiger partial charge in [-0.2, -0.15) is 4.31 Å². The van der Waals surface area contributed by atoms with E-state index in [2.05, 4.69) is 19.2 Å². The number of carbonyl (C=O) groups is 1. The lowest BCUT2D eigenvalue weighted by molar-refractivity contribution is -0.118. The number of sulfonamides is 1. The minimum absolute atomic E-state index is 0.196. The van der Waals surface area contributed by atoms with E-state index in [1.807, 2.05) is 12.1 Å². The van der Waals surface area contributed by atoms with E-state index >= 15 is 0 Å². The van der Waals surface area contributed by atoms with Crippen molar-refractivity contribution in [2.24, 2.45) is 5.73 Å². The third-order valence-corrected chi connectivity index (χ3v) is 6.61. The molecule has 134 valence electrons. The van der Waals surface area contributed by atoms with Crippen molar-refractivity contribution in [1.82, 2.24) is 9.62 Å². The maximum absolute atomic E-state index is 13.0. The van der Waals surface area contributed by atoms with Crippen LogP contribution < -0.4 is 11.1 Å². The quantitative estimate of drug-likeness (QED) is 0.775. The van der Waals surface area contributed by atoms with E-state index in [0.717, 1.165) is 25.1 Å². The van der Waals surface area contributed by atoms with Crippen LogP contribution in [-0.2, 0) is 14.8 Å². The minimum Gasteiger partial charge on any atom is -0.369 e. The number of rotatable bonds is 7. The molecule has 0 bridgehead atoms. The molecule has 1 aromatic rings. The second kappa shape index (κ2) is 8.09. The maximum atomic E-state index is 13.0. The molecule has 1 atom stereocenters. The average molecular weight is 353 g/mol. The van der Waals surface area contributed by atoms with Crippen molar-refractivity contribution in [2.45, 2.75) is 50.0 Å². The molecular formula is C17H27N3O3S. The molecule has 1 heterocycles. The molecule has 1 fully saturated rings. The zero-order valence-corrected chi connectivity index (χ0v) is 15.2. The maximum Gasteiger partial charge on any atom is 0.243 e. The predicted molar refractivity (Wildman–Crippen MR) is 94.1 cm³/mol. The van der Waals surface area contributed by atoms with Crippen LogP contribution in [0.2, 0.25) is 0 Å². The Hall–Kier alpha value is -1.44. The van der Waals surface area contributed by atoms with Gasteiger partial charge < -0.3 is 11.1 Å². The van der Waals surface area contributed by atoms with Crippen molar-refractivity contribution in [3.63, 3.8) is 0 Å². The lowest BCUT2D eigenvalue weighted by Gasteiger charge is -2.33. The summed E-state index contributed by atoms with van der Waals surface area (Å²) in [7, 11) is -3.74. The third-order valence-electron chi connectivity index (χ3n) is 4.70. The van der Waals surface area contributed by atoms with E-state index in [1.165, 1.54) is 4.31 Å². The number of hydrogen-bond donors (Lipinski definition) is 2. The van der Waals surface area contributed by atoms with Gasteiger partial charge in [0.15, 0.2) is 0 Å². The second-order valence-electron chi connectivity index (χ2n) is 6.38. The molecule has 0 saturated carbocycles. The van der Waals surface area contributed by atoms with Gasteiger partial charge in [-0.05, 0) is 56.0 Å². The molecule has 24 heavy (non-hydrogen) atoms. The number of benzene rings is 1. The van der Waals surface area contributed by atoms with Gasteiger partial charge in [0.05, 0.1) is 11.4 Å². The number of nitrogens with one attached hydrogen (secondary N) is 1. The van der Waals surface area contributed by atoms with E-state index in [4.69, 9.17) is 5.73 Å². The first-order valence-corrected chi connectivity index (χ1v) is 9.91. The molecular weight excluding hydrogens is 326 g/mol. The number of amides is 1. The van der Waals surface area contributed by atoms with Gasteiger partial charge in [0.2, 0.25) is 15.9 Å². The van der Waals surface area contributed by atoms with E-state index in [1.54, 1.807) is 12.1 Å². The fraction of sp³-hybridized carbons (Fsp3) is 0.588. The molecule has 0 spiro atoms. The third kappa shape index (κ3) is 4.34. The summed E-state index contributed by atoms with van der Waals surface area (Å²) >= 11 is 0. The first-order chi connectivity index (χ1) is 11.4. The lowest BCUT2D eigenvalue weighted by atomic mass is 9.99. The van der Waals surface area contributed by atoms with Crippen LogP contribution in [0.5, 0.6) is 0 Å². The zero-order valence-electron chi connectivity index (χ0n) is 14.4. The summed E-state index contributed by atoms with van der Waals surface area (Å²) < 4.78 is 27.3. The predicted octanol–water partition coefficient (Wildman–Crippen LogP) is 1.43. The summed E-state index contributed by atoms with van der Waals surface area (Å²) in [6.45, 7) is 5.41. The Bertz CT molecular complexity index is 652. The molecule has 0 radical (unpaired) electrons. The Labute approximate surface area is 144 Å². The van der Waals surface area contributed by atoms with Crippen molar-refractivity contribution < 1.29 is 13.2 Å². The molecule has 3 N–H and O–H groups in total.